The summed E-state index contributed by atoms with van der Waals surface area (Å²) in [6.07, 6.45) is 3.39. The molecule has 0 saturated carbocycles. The van der Waals surface area contributed by atoms with Crippen LogP contribution in [0.5, 0.6) is 5.75 Å². The Morgan fingerprint density at radius 2 is 2.21 bits per heavy atom. The van der Waals surface area contributed by atoms with Crippen LogP contribution in [0.25, 0.3) is 0 Å². The first-order valence-electron chi connectivity index (χ1n) is 5.70. The lowest BCUT2D eigenvalue weighted by Crippen LogP contribution is -2.06. The minimum atomic E-state index is -0.478. The number of esters is 1. The topological polar surface area (TPSA) is 74.4 Å². The predicted molar refractivity (Wildman–Crippen MR) is 70.8 cm³/mol. The number of ether oxygens (including phenoxy) is 2. The number of nitrogen functional groups attached to an aromatic ring is 1. The smallest absolute Gasteiger partial charge is 0.341 e. The maximum Gasteiger partial charge on any atom is 0.341 e. The van der Waals surface area contributed by atoms with Crippen molar-refractivity contribution in [3.63, 3.8) is 0 Å². The zero-order valence-electron chi connectivity index (χ0n) is 10.5. The molecule has 5 nitrogen and oxygen atoms in total. The number of benzene rings is 1. The SMILES string of the molecule is COC(=O)c1cc(N)ccc1OCc1cccnc1. The highest BCUT2D eigenvalue weighted by atomic mass is 16.5. The summed E-state index contributed by atoms with van der Waals surface area (Å²) in [7, 11) is 1.32. The lowest BCUT2D eigenvalue weighted by atomic mass is 10.2. The van der Waals surface area contributed by atoms with Crippen LogP contribution in [0.15, 0.2) is 42.7 Å². The number of nitrogens with two attached hydrogens (primary N) is 1. The maximum atomic E-state index is 11.6. The van der Waals surface area contributed by atoms with Crippen LogP contribution in [0, 0.1) is 0 Å². The maximum absolute atomic E-state index is 11.6. The Morgan fingerprint density at radius 1 is 1.37 bits per heavy atom. The van der Waals surface area contributed by atoms with Gasteiger partial charge in [-0.25, -0.2) is 4.79 Å². The zero-order chi connectivity index (χ0) is 13.7. The highest BCUT2D eigenvalue weighted by molar-refractivity contribution is 5.93. The Hall–Kier alpha value is -2.56. The summed E-state index contributed by atoms with van der Waals surface area (Å²) >= 11 is 0. The second-order valence-electron chi connectivity index (χ2n) is 3.90. The largest absolute Gasteiger partial charge is 0.488 e. The first kappa shape index (κ1) is 12.9. The Bertz CT molecular complexity index is 570. The number of rotatable bonds is 4. The van der Waals surface area contributed by atoms with Crippen molar-refractivity contribution in [2.45, 2.75) is 6.61 Å². The fourth-order valence-electron chi connectivity index (χ4n) is 1.59. The predicted octanol–water partition coefficient (Wildman–Crippen LogP) is 2.03. The number of methoxy groups -OCH3 is 1. The van der Waals surface area contributed by atoms with Crippen LogP contribution < -0.4 is 10.5 Å². The fraction of sp³-hybridized carbons (Fsp3) is 0.143. The van der Waals surface area contributed by atoms with Crippen molar-refractivity contribution in [1.82, 2.24) is 4.98 Å². The number of aromatic nitrogens is 1. The Labute approximate surface area is 111 Å². The summed E-state index contributed by atoms with van der Waals surface area (Å²) in [5.41, 5.74) is 7.36. The van der Waals surface area contributed by atoms with Crippen LogP contribution in [0.2, 0.25) is 0 Å². The molecule has 19 heavy (non-hydrogen) atoms. The highest BCUT2D eigenvalue weighted by Crippen LogP contribution is 2.23. The van der Waals surface area contributed by atoms with Crippen molar-refractivity contribution in [3.05, 3.63) is 53.9 Å². The molecule has 1 aromatic heterocycles. The average Bonchev–Trinajstić information content (AvgIpc) is 2.46. The molecule has 0 fully saturated rings. The molecule has 0 bridgehead atoms. The molecule has 2 rings (SSSR count). The van der Waals surface area contributed by atoms with Crippen LogP contribution >= 0.6 is 0 Å². The third-order valence-corrected chi connectivity index (χ3v) is 2.53. The number of nitrogens with zero attached hydrogens (tertiary/aromatic N) is 1. The van der Waals surface area contributed by atoms with E-state index in [2.05, 4.69) is 4.98 Å². The summed E-state index contributed by atoms with van der Waals surface area (Å²) in [6, 6.07) is 8.57. The van der Waals surface area contributed by atoms with E-state index in [0.29, 0.717) is 23.6 Å². The van der Waals surface area contributed by atoms with Crippen LogP contribution in [0.4, 0.5) is 5.69 Å². The molecule has 2 aromatic rings. The number of anilines is 1. The summed E-state index contributed by atoms with van der Waals surface area (Å²) < 4.78 is 10.3. The van der Waals surface area contributed by atoms with E-state index in [1.807, 2.05) is 12.1 Å². The van der Waals surface area contributed by atoms with E-state index in [9.17, 15) is 4.79 Å². The molecule has 0 radical (unpaired) electrons. The molecule has 1 heterocycles. The lowest BCUT2D eigenvalue weighted by molar-refractivity contribution is 0.0595. The second kappa shape index (κ2) is 5.86. The van der Waals surface area contributed by atoms with Gasteiger partial charge >= 0.3 is 5.97 Å². The number of carbonyl (C=O) groups excluding carboxylic acids is 1. The van der Waals surface area contributed by atoms with Crippen molar-refractivity contribution < 1.29 is 14.3 Å². The van der Waals surface area contributed by atoms with Crippen LogP contribution in [-0.4, -0.2) is 18.1 Å². The van der Waals surface area contributed by atoms with Gasteiger partial charge in [0.05, 0.1) is 7.11 Å². The van der Waals surface area contributed by atoms with Crippen molar-refractivity contribution in [1.29, 1.82) is 0 Å². The van der Waals surface area contributed by atoms with Gasteiger partial charge < -0.3 is 15.2 Å². The number of hydrogen-bond acceptors (Lipinski definition) is 5. The summed E-state index contributed by atoms with van der Waals surface area (Å²) in [5.74, 6) is -0.0432. The summed E-state index contributed by atoms with van der Waals surface area (Å²) in [6.45, 7) is 0.321. The minimum Gasteiger partial charge on any atom is -0.488 e. The lowest BCUT2D eigenvalue weighted by Gasteiger charge is -2.10. The second-order valence-corrected chi connectivity index (χ2v) is 3.90. The molecule has 98 valence electrons. The Kier molecular flexibility index (Phi) is 3.97. The highest BCUT2D eigenvalue weighted by Gasteiger charge is 2.13. The Balaban J connectivity index is 2.18. The van der Waals surface area contributed by atoms with Crippen molar-refractivity contribution in [2.75, 3.05) is 12.8 Å². The van der Waals surface area contributed by atoms with E-state index in [0.717, 1.165) is 5.56 Å². The van der Waals surface area contributed by atoms with Gasteiger partial charge in [0.25, 0.3) is 0 Å². The van der Waals surface area contributed by atoms with Gasteiger partial charge in [-0.15, -0.1) is 0 Å². The average molecular weight is 258 g/mol. The van der Waals surface area contributed by atoms with E-state index >= 15 is 0 Å². The molecule has 0 saturated heterocycles. The van der Waals surface area contributed by atoms with Gasteiger partial charge in [0, 0.05) is 23.6 Å². The normalized spacial score (nSPS) is 9.95. The van der Waals surface area contributed by atoms with Crippen LogP contribution in [0.1, 0.15) is 15.9 Å². The van der Waals surface area contributed by atoms with Gasteiger partial charge in [0.15, 0.2) is 0 Å². The van der Waals surface area contributed by atoms with Gasteiger partial charge in [0.2, 0.25) is 0 Å². The van der Waals surface area contributed by atoms with Crippen molar-refractivity contribution in [3.8, 4) is 5.75 Å². The fourth-order valence-corrected chi connectivity index (χ4v) is 1.59. The quantitative estimate of drug-likeness (QED) is 0.671. The third kappa shape index (κ3) is 3.22. The molecular weight excluding hydrogens is 244 g/mol. The van der Waals surface area contributed by atoms with Gasteiger partial charge in [-0.2, -0.15) is 0 Å². The summed E-state index contributed by atoms with van der Waals surface area (Å²) in [4.78, 5) is 15.6. The third-order valence-electron chi connectivity index (χ3n) is 2.53. The van der Waals surface area contributed by atoms with Crippen LogP contribution in [0.3, 0.4) is 0 Å². The van der Waals surface area contributed by atoms with E-state index in [1.165, 1.54) is 13.2 Å². The molecule has 1 aromatic carbocycles. The summed E-state index contributed by atoms with van der Waals surface area (Å²) in [5, 5.41) is 0. The molecule has 0 unspecified atom stereocenters. The van der Waals surface area contributed by atoms with E-state index in [4.69, 9.17) is 15.2 Å². The zero-order valence-corrected chi connectivity index (χ0v) is 10.5. The Morgan fingerprint density at radius 3 is 2.89 bits per heavy atom. The van der Waals surface area contributed by atoms with Gasteiger partial charge in [-0.05, 0) is 24.3 Å². The number of carbonyl (C=O) groups is 1. The molecule has 0 amide bonds. The molecule has 0 atom stereocenters. The minimum absolute atomic E-state index is 0.311. The van der Waals surface area contributed by atoms with Crippen molar-refractivity contribution in [2.24, 2.45) is 0 Å². The number of hydrogen-bond donors (Lipinski definition) is 1. The molecule has 0 spiro atoms. The molecular formula is C14H14N2O3. The molecule has 5 heteroatoms. The van der Waals surface area contributed by atoms with E-state index in [1.54, 1.807) is 24.5 Å². The first-order chi connectivity index (χ1) is 9.20. The molecule has 0 aliphatic heterocycles. The van der Waals surface area contributed by atoms with Crippen LogP contribution in [-0.2, 0) is 11.3 Å². The number of pyridine rings is 1. The standard InChI is InChI=1S/C14H14N2O3/c1-18-14(17)12-7-11(15)4-5-13(12)19-9-10-3-2-6-16-8-10/h2-8H,9,15H2,1H3. The van der Waals surface area contributed by atoms with Gasteiger partial charge in [0.1, 0.15) is 17.9 Å². The molecule has 2 N–H and O–H groups in total. The van der Waals surface area contributed by atoms with E-state index < -0.39 is 5.97 Å². The first-order valence-corrected chi connectivity index (χ1v) is 5.70. The van der Waals surface area contributed by atoms with Crippen molar-refractivity contribution >= 4 is 11.7 Å². The monoisotopic (exact) mass is 258 g/mol. The van der Waals surface area contributed by atoms with E-state index in [-0.39, 0.29) is 0 Å². The molecule has 0 aliphatic rings. The molecule has 0 aliphatic carbocycles. The van der Waals surface area contributed by atoms with Gasteiger partial charge in [-0.3, -0.25) is 4.98 Å². The van der Waals surface area contributed by atoms with Gasteiger partial charge in [-0.1, -0.05) is 6.07 Å².